The van der Waals surface area contributed by atoms with Crippen molar-refractivity contribution in [3.05, 3.63) is 123 Å². The highest BCUT2D eigenvalue weighted by Crippen LogP contribution is 2.32. The lowest BCUT2D eigenvalue weighted by molar-refractivity contribution is -0.121. The topological polar surface area (TPSA) is 131 Å². The summed E-state index contributed by atoms with van der Waals surface area (Å²) in [6.45, 7) is 0.0736. The van der Waals surface area contributed by atoms with Crippen LogP contribution in [-0.4, -0.2) is 37.3 Å². The number of aromatic amines is 1. The molecule has 0 saturated heterocycles. The summed E-state index contributed by atoms with van der Waals surface area (Å²) >= 11 is 0. The first-order valence-corrected chi connectivity index (χ1v) is 11.9. The Kier molecular flexibility index (Phi) is 6.77. The summed E-state index contributed by atoms with van der Waals surface area (Å²) in [4.78, 5) is 43.1. The number of carbonyl (C=O) groups excluding carboxylic acids is 1. The number of para-hydroxylation sites is 1. The van der Waals surface area contributed by atoms with Crippen LogP contribution in [-0.2, 0) is 11.3 Å². The standard InChI is InChI=1S/C28H25N5O5/c1-38-21-12-10-18(11-13-21)22(26-27(36)30-23-9-5-6-14-32(23)28(26)37)16-24(34)29-17-19-15-25(35)33(31-19)20-7-3-2-4-8-20/h2-15,22,31,36H,16-17H2,1H3,(H,29,34). The number of hydrogen-bond donors (Lipinski definition) is 3. The van der Waals surface area contributed by atoms with Crippen molar-refractivity contribution in [3.63, 3.8) is 0 Å². The van der Waals surface area contributed by atoms with Crippen molar-refractivity contribution >= 4 is 11.6 Å². The molecule has 5 rings (SSSR count). The van der Waals surface area contributed by atoms with Gasteiger partial charge in [0.15, 0.2) is 0 Å². The first-order valence-electron chi connectivity index (χ1n) is 11.9. The number of aromatic nitrogens is 4. The number of nitrogens with zero attached hydrogens (tertiary/aromatic N) is 3. The molecule has 1 amide bonds. The zero-order chi connectivity index (χ0) is 26.6. The fraction of sp³-hybridized carbons (Fsp3) is 0.143. The van der Waals surface area contributed by atoms with E-state index in [1.165, 1.54) is 15.1 Å². The Labute approximate surface area is 216 Å². The number of aromatic hydroxyl groups is 1. The van der Waals surface area contributed by atoms with Gasteiger partial charge in [-0.3, -0.25) is 23.9 Å². The van der Waals surface area contributed by atoms with Crippen molar-refractivity contribution in [2.24, 2.45) is 0 Å². The van der Waals surface area contributed by atoms with Crippen LogP contribution >= 0.6 is 0 Å². The smallest absolute Gasteiger partial charge is 0.271 e. The molecule has 10 heteroatoms. The van der Waals surface area contributed by atoms with E-state index in [0.29, 0.717) is 28.3 Å². The number of H-pyrrole nitrogens is 1. The molecule has 3 N–H and O–H groups in total. The number of fused-ring (bicyclic) bond motifs is 1. The number of carbonyl (C=O) groups is 1. The lowest BCUT2D eigenvalue weighted by atomic mass is 9.89. The van der Waals surface area contributed by atoms with Gasteiger partial charge in [-0.25, -0.2) is 4.68 Å². The van der Waals surface area contributed by atoms with E-state index in [9.17, 15) is 19.5 Å². The molecule has 2 aromatic carbocycles. The summed E-state index contributed by atoms with van der Waals surface area (Å²) in [6, 6.07) is 22.4. The molecule has 3 aromatic heterocycles. The van der Waals surface area contributed by atoms with Crippen LogP contribution in [0.5, 0.6) is 11.6 Å². The summed E-state index contributed by atoms with van der Waals surface area (Å²) in [5.74, 6) is -0.984. The first-order chi connectivity index (χ1) is 18.4. The summed E-state index contributed by atoms with van der Waals surface area (Å²) in [6.07, 6.45) is 1.42. The Hall–Kier alpha value is -5.12. The number of rotatable bonds is 8. The summed E-state index contributed by atoms with van der Waals surface area (Å²) in [5.41, 5.74) is 1.41. The highest BCUT2D eigenvalue weighted by atomic mass is 16.5. The number of amides is 1. The maximum absolute atomic E-state index is 13.4. The predicted octanol–water partition coefficient (Wildman–Crippen LogP) is 2.73. The molecule has 0 fully saturated rings. The molecule has 38 heavy (non-hydrogen) atoms. The molecule has 0 aliphatic rings. The van der Waals surface area contributed by atoms with Crippen molar-refractivity contribution in [1.82, 2.24) is 24.5 Å². The predicted molar refractivity (Wildman–Crippen MR) is 141 cm³/mol. The van der Waals surface area contributed by atoms with Crippen molar-refractivity contribution in [2.75, 3.05) is 7.11 Å². The van der Waals surface area contributed by atoms with Gasteiger partial charge in [0.25, 0.3) is 11.1 Å². The fourth-order valence-corrected chi connectivity index (χ4v) is 4.37. The molecule has 0 bridgehead atoms. The molecule has 1 atom stereocenters. The average Bonchev–Trinajstić information content (AvgIpc) is 3.32. The minimum absolute atomic E-state index is 0.0117. The highest BCUT2D eigenvalue weighted by molar-refractivity contribution is 5.77. The number of methoxy groups -OCH3 is 1. The second-order valence-electron chi connectivity index (χ2n) is 8.68. The van der Waals surface area contributed by atoms with E-state index in [0.717, 1.165) is 0 Å². The molecule has 0 spiro atoms. The van der Waals surface area contributed by atoms with Crippen LogP contribution in [0.15, 0.2) is 94.6 Å². The van der Waals surface area contributed by atoms with E-state index >= 15 is 0 Å². The first kappa shape index (κ1) is 24.6. The molecular formula is C28H25N5O5. The van der Waals surface area contributed by atoms with Gasteiger partial charge >= 0.3 is 0 Å². The third-order valence-electron chi connectivity index (χ3n) is 6.27. The molecule has 0 saturated carbocycles. The van der Waals surface area contributed by atoms with Gasteiger partial charge in [-0.1, -0.05) is 36.4 Å². The number of hydrogen-bond acceptors (Lipinski definition) is 6. The maximum Gasteiger partial charge on any atom is 0.271 e. The van der Waals surface area contributed by atoms with Crippen molar-refractivity contribution in [2.45, 2.75) is 18.9 Å². The van der Waals surface area contributed by atoms with Crippen molar-refractivity contribution in [1.29, 1.82) is 0 Å². The Morgan fingerprint density at radius 3 is 2.53 bits per heavy atom. The Morgan fingerprint density at radius 1 is 1.05 bits per heavy atom. The second kappa shape index (κ2) is 10.5. The summed E-state index contributed by atoms with van der Waals surface area (Å²) < 4.78 is 7.96. The Bertz CT molecular complexity index is 1700. The third kappa shape index (κ3) is 4.92. The largest absolute Gasteiger partial charge is 0.497 e. The van der Waals surface area contributed by atoms with Crippen LogP contribution < -0.4 is 21.2 Å². The van der Waals surface area contributed by atoms with Crippen LogP contribution in [0.3, 0.4) is 0 Å². The molecule has 192 valence electrons. The number of benzene rings is 2. The lowest BCUT2D eigenvalue weighted by Crippen LogP contribution is -2.28. The number of nitrogens with one attached hydrogen (secondary N) is 2. The SMILES string of the molecule is COc1ccc(C(CC(=O)NCc2cc(=O)n(-c3ccccc3)[nH]2)c2c(O)nc3ccccn3c2=O)cc1. The summed E-state index contributed by atoms with van der Waals surface area (Å²) in [5, 5.41) is 16.6. The molecule has 3 heterocycles. The van der Waals surface area contributed by atoms with Gasteiger partial charge in [0.05, 0.1) is 30.6 Å². The minimum Gasteiger partial charge on any atom is -0.497 e. The normalized spacial score (nSPS) is 11.8. The van der Waals surface area contributed by atoms with Crippen LogP contribution in [0, 0.1) is 0 Å². The minimum atomic E-state index is -0.786. The Morgan fingerprint density at radius 2 is 1.79 bits per heavy atom. The molecule has 5 aromatic rings. The van der Waals surface area contributed by atoms with Gasteiger partial charge in [-0.2, -0.15) is 4.98 Å². The van der Waals surface area contributed by atoms with Crippen LogP contribution in [0.2, 0.25) is 0 Å². The Balaban J connectivity index is 1.42. The molecule has 1 unspecified atom stereocenters. The van der Waals surface area contributed by atoms with Gasteiger partial charge in [-0.05, 0) is 42.0 Å². The summed E-state index contributed by atoms with van der Waals surface area (Å²) in [7, 11) is 1.54. The van der Waals surface area contributed by atoms with Gasteiger partial charge in [-0.15, -0.1) is 0 Å². The molecule has 0 radical (unpaired) electrons. The molecule has 0 aliphatic carbocycles. The van der Waals surface area contributed by atoms with Crippen LogP contribution in [0.25, 0.3) is 11.3 Å². The van der Waals surface area contributed by atoms with E-state index in [4.69, 9.17) is 4.74 Å². The quantitative estimate of drug-likeness (QED) is 0.294. The highest BCUT2D eigenvalue weighted by Gasteiger charge is 2.26. The molecule has 10 nitrogen and oxygen atoms in total. The van der Waals surface area contributed by atoms with E-state index in [2.05, 4.69) is 15.4 Å². The maximum atomic E-state index is 13.4. The van der Waals surface area contributed by atoms with E-state index in [1.807, 2.05) is 18.2 Å². The van der Waals surface area contributed by atoms with Gasteiger partial charge < -0.3 is 15.2 Å². The van der Waals surface area contributed by atoms with E-state index in [1.54, 1.807) is 67.9 Å². The van der Waals surface area contributed by atoms with E-state index < -0.39 is 17.4 Å². The van der Waals surface area contributed by atoms with Gasteiger partial charge in [0, 0.05) is 24.6 Å². The average molecular weight is 512 g/mol. The lowest BCUT2D eigenvalue weighted by Gasteiger charge is -2.19. The molecule has 0 aliphatic heterocycles. The van der Waals surface area contributed by atoms with Gasteiger partial charge in [0.1, 0.15) is 11.4 Å². The number of ether oxygens (including phenoxy) is 1. The third-order valence-corrected chi connectivity index (χ3v) is 6.27. The fourth-order valence-electron chi connectivity index (χ4n) is 4.37. The van der Waals surface area contributed by atoms with Crippen molar-refractivity contribution < 1.29 is 14.6 Å². The van der Waals surface area contributed by atoms with E-state index in [-0.39, 0.29) is 30.0 Å². The van der Waals surface area contributed by atoms with Crippen LogP contribution in [0.4, 0.5) is 0 Å². The second-order valence-corrected chi connectivity index (χ2v) is 8.68. The zero-order valence-electron chi connectivity index (χ0n) is 20.5. The number of pyridine rings is 1. The monoisotopic (exact) mass is 511 g/mol. The van der Waals surface area contributed by atoms with Crippen molar-refractivity contribution in [3.8, 4) is 17.3 Å². The van der Waals surface area contributed by atoms with Crippen LogP contribution in [0.1, 0.15) is 29.2 Å². The van der Waals surface area contributed by atoms with Gasteiger partial charge in [0.2, 0.25) is 11.8 Å². The zero-order valence-corrected chi connectivity index (χ0v) is 20.5. The molecular weight excluding hydrogens is 486 g/mol.